The minimum absolute atomic E-state index is 0.0182. The average molecular weight is 419 g/mol. The third-order valence-electron chi connectivity index (χ3n) is 5.51. The Hall–Kier alpha value is -3.34. The second kappa shape index (κ2) is 10.6. The molecule has 2 amide bonds. The van der Waals surface area contributed by atoms with E-state index in [0.29, 0.717) is 6.54 Å². The summed E-state index contributed by atoms with van der Waals surface area (Å²) >= 11 is 0. The van der Waals surface area contributed by atoms with Gasteiger partial charge in [-0.05, 0) is 17.0 Å². The summed E-state index contributed by atoms with van der Waals surface area (Å²) in [5.41, 5.74) is 1.98. The van der Waals surface area contributed by atoms with E-state index in [2.05, 4.69) is 11.9 Å². The first-order valence-corrected chi connectivity index (χ1v) is 10.6. The lowest BCUT2D eigenvalue weighted by atomic mass is 9.76. The monoisotopic (exact) mass is 418 g/mol. The summed E-state index contributed by atoms with van der Waals surface area (Å²) in [5.74, 6) is -0.259. The third-order valence-corrected chi connectivity index (χ3v) is 5.51. The van der Waals surface area contributed by atoms with Gasteiger partial charge in [0.15, 0.2) is 0 Å². The Morgan fingerprint density at radius 1 is 1.13 bits per heavy atom. The Labute approximate surface area is 184 Å². The second-order valence-corrected chi connectivity index (χ2v) is 8.04. The molecule has 2 aromatic rings. The molecule has 1 N–H and O–H groups in total. The van der Waals surface area contributed by atoms with Gasteiger partial charge in [-0.3, -0.25) is 4.79 Å². The Bertz CT molecular complexity index is 909. The molecule has 1 heterocycles. The number of ether oxygens (including phenoxy) is 1. The fourth-order valence-electron chi connectivity index (χ4n) is 3.88. The highest BCUT2D eigenvalue weighted by atomic mass is 16.5. The molecule has 0 unspecified atom stereocenters. The number of nitrogens with zero attached hydrogens (tertiary/aromatic N) is 1. The fourth-order valence-corrected chi connectivity index (χ4v) is 3.88. The van der Waals surface area contributed by atoms with Crippen LogP contribution in [0.5, 0.6) is 0 Å². The number of amides is 2. The van der Waals surface area contributed by atoms with Crippen LogP contribution in [-0.2, 0) is 16.1 Å². The van der Waals surface area contributed by atoms with Crippen molar-refractivity contribution >= 4 is 18.1 Å². The molecule has 5 nitrogen and oxygen atoms in total. The van der Waals surface area contributed by atoms with Crippen LogP contribution < -0.4 is 5.32 Å². The molecule has 0 aliphatic carbocycles. The Balaban J connectivity index is 1.71. The average Bonchev–Trinajstić information content (AvgIpc) is 2.79. The standard InChI is InChI=1S/C26H30N2O3/c1-4-17-28-22(16-15-20-11-7-5-8-12-20)23(25(28)29)24(19(2)3)27-26(30)31-18-21-13-9-6-10-14-21/h4-16,19,22-24H,1,17-18H2,2-3H3,(H,27,30)/b16-15+/t22-,23+,24+/m1/s1. The van der Waals surface area contributed by atoms with Crippen LogP contribution in [0.3, 0.4) is 0 Å². The van der Waals surface area contributed by atoms with Crippen LogP contribution in [-0.4, -0.2) is 35.5 Å². The number of rotatable bonds is 9. The summed E-state index contributed by atoms with van der Waals surface area (Å²) in [7, 11) is 0. The number of carbonyl (C=O) groups excluding carboxylic acids is 2. The van der Waals surface area contributed by atoms with Crippen molar-refractivity contribution in [2.45, 2.75) is 32.5 Å². The minimum Gasteiger partial charge on any atom is -0.445 e. The van der Waals surface area contributed by atoms with Crippen molar-refractivity contribution in [2.75, 3.05) is 6.54 Å². The lowest BCUT2D eigenvalue weighted by Crippen LogP contribution is -2.67. The predicted molar refractivity (Wildman–Crippen MR) is 123 cm³/mol. The van der Waals surface area contributed by atoms with E-state index in [0.717, 1.165) is 11.1 Å². The van der Waals surface area contributed by atoms with Gasteiger partial charge in [0.1, 0.15) is 6.61 Å². The van der Waals surface area contributed by atoms with Crippen molar-refractivity contribution in [3.05, 3.63) is 90.5 Å². The van der Waals surface area contributed by atoms with Gasteiger partial charge >= 0.3 is 6.09 Å². The quantitative estimate of drug-likeness (QED) is 0.476. The van der Waals surface area contributed by atoms with E-state index in [9.17, 15) is 9.59 Å². The van der Waals surface area contributed by atoms with Gasteiger partial charge in [-0.25, -0.2) is 4.79 Å². The zero-order chi connectivity index (χ0) is 22.2. The van der Waals surface area contributed by atoms with E-state index in [1.165, 1.54) is 0 Å². The Morgan fingerprint density at radius 2 is 1.77 bits per heavy atom. The van der Waals surface area contributed by atoms with Crippen molar-refractivity contribution in [3.63, 3.8) is 0 Å². The molecule has 0 radical (unpaired) electrons. The van der Waals surface area contributed by atoms with Crippen LogP contribution >= 0.6 is 0 Å². The van der Waals surface area contributed by atoms with Gasteiger partial charge in [-0.15, -0.1) is 6.58 Å². The van der Waals surface area contributed by atoms with Crippen molar-refractivity contribution in [1.82, 2.24) is 10.2 Å². The smallest absolute Gasteiger partial charge is 0.407 e. The molecule has 1 aliphatic rings. The maximum absolute atomic E-state index is 12.9. The predicted octanol–water partition coefficient (Wildman–Crippen LogP) is 4.66. The van der Waals surface area contributed by atoms with E-state index in [1.54, 1.807) is 11.0 Å². The molecule has 5 heteroatoms. The van der Waals surface area contributed by atoms with Gasteiger partial charge < -0.3 is 15.0 Å². The maximum atomic E-state index is 12.9. The van der Waals surface area contributed by atoms with Crippen molar-refractivity contribution < 1.29 is 14.3 Å². The molecule has 0 spiro atoms. The number of benzene rings is 2. The maximum Gasteiger partial charge on any atom is 0.407 e. The van der Waals surface area contributed by atoms with Gasteiger partial charge in [0, 0.05) is 12.6 Å². The van der Waals surface area contributed by atoms with Crippen LogP contribution in [0.1, 0.15) is 25.0 Å². The van der Waals surface area contributed by atoms with Gasteiger partial charge in [-0.2, -0.15) is 0 Å². The molecular weight excluding hydrogens is 388 g/mol. The number of likely N-dealkylation sites (tertiary alicyclic amines) is 1. The fraction of sp³-hybridized carbons (Fsp3) is 0.308. The van der Waals surface area contributed by atoms with Gasteiger partial charge in [0.05, 0.1) is 12.0 Å². The summed E-state index contributed by atoms with van der Waals surface area (Å²) in [5, 5.41) is 2.94. The molecule has 2 aromatic carbocycles. The van der Waals surface area contributed by atoms with E-state index < -0.39 is 6.09 Å². The Morgan fingerprint density at radius 3 is 2.39 bits per heavy atom. The van der Waals surface area contributed by atoms with Crippen LogP contribution in [0.4, 0.5) is 4.79 Å². The van der Waals surface area contributed by atoms with Crippen molar-refractivity contribution in [1.29, 1.82) is 0 Å². The van der Waals surface area contributed by atoms with Gasteiger partial charge in [0.25, 0.3) is 0 Å². The summed E-state index contributed by atoms with van der Waals surface area (Å²) < 4.78 is 5.39. The van der Waals surface area contributed by atoms with Crippen LogP contribution in [0.2, 0.25) is 0 Å². The lowest BCUT2D eigenvalue weighted by Gasteiger charge is -2.49. The molecule has 1 fully saturated rings. The first-order chi connectivity index (χ1) is 15.0. The zero-order valence-corrected chi connectivity index (χ0v) is 18.1. The van der Waals surface area contributed by atoms with E-state index in [1.807, 2.05) is 86.7 Å². The lowest BCUT2D eigenvalue weighted by molar-refractivity contribution is -0.154. The van der Waals surface area contributed by atoms with Crippen LogP contribution in [0.15, 0.2) is 79.4 Å². The number of alkyl carbamates (subject to hydrolysis) is 1. The highest BCUT2D eigenvalue weighted by Gasteiger charge is 2.50. The van der Waals surface area contributed by atoms with E-state index >= 15 is 0 Å². The number of β-lactam (4-membered cyclic amide) rings is 1. The number of hydrogen-bond donors (Lipinski definition) is 1. The highest BCUT2D eigenvalue weighted by Crippen LogP contribution is 2.34. The molecule has 3 atom stereocenters. The molecule has 0 saturated carbocycles. The van der Waals surface area contributed by atoms with Gasteiger partial charge in [-0.1, -0.05) is 92.7 Å². The number of carbonyl (C=O) groups is 2. The SMILES string of the molecule is C=CCN1C(=O)[C@H]([C@@H](NC(=O)OCc2ccccc2)C(C)C)[C@H]1/C=C/c1ccccc1. The number of hydrogen-bond acceptors (Lipinski definition) is 3. The first-order valence-electron chi connectivity index (χ1n) is 10.6. The summed E-state index contributed by atoms with van der Waals surface area (Å²) in [6.07, 6.45) is 5.27. The molecule has 1 aliphatic heterocycles. The summed E-state index contributed by atoms with van der Waals surface area (Å²) in [6.45, 7) is 8.44. The zero-order valence-electron chi connectivity index (χ0n) is 18.1. The van der Waals surface area contributed by atoms with E-state index in [-0.39, 0.29) is 36.4 Å². The van der Waals surface area contributed by atoms with Crippen molar-refractivity contribution in [2.24, 2.45) is 11.8 Å². The van der Waals surface area contributed by atoms with E-state index in [4.69, 9.17) is 4.74 Å². The molecule has 31 heavy (non-hydrogen) atoms. The first kappa shape index (κ1) is 22.3. The molecule has 162 valence electrons. The molecule has 1 saturated heterocycles. The third kappa shape index (κ3) is 5.63. The Kier molecular flexibility index (Phi) is 7.65. The van der Waals surface area contributed by atoms with Crippen molar-refractivity contribution in [3.8, 4) is 0 Å². The minimum atomic E-state index is -0.511. The molecular formula is C26H30N2O3. The summed E-state index contributed by atoms with van der Waals surface area (Å²) in [4.78, 5) is 27.2. The topological polar surface area (TPSA) is 58.6 Å². The largest absolute Gasteiger partial charge is 0.445 e. The second-order valence-electron chi connectivity index (χ2n) is 8.04. The molecule has 0 bridgehead atoms. The van der Waals surface area contributed by atoms with Crippen LogP contribution in [0.25, 0.3) is 6.08 Å². The summed E-state index contributed by atoms with van der Waals surface area (Å²) in [6, 6.07) is 19.0. The highest BCUT2D eigenvalue weighted by molar-refractivity contribution is 5.89. The van der Waals surface area contributed by atoms with Crippen LogP contribution in [0, 0.1) is 11.8 Å². The number of nitrogens with one attached hydrogen (secondary N) is 1. The van der Waals surface area contributed by atoms with Gasteiger partial charge in [0.2, 0.25) is 5.91 Å². The normalized spacial score (nSPS) is 19.2. The molecule has 3 rings (SSSR count). The molecule has 0 aromatic heterocycles.